The summed E-state index contributed by atoms with van der Waals surface area (Å²) in [6, 6.07) is 5.34. The van der Waals surface area contributed by atoms with Gasteiger partial charge in [0.15, 0.2) is 6.10 Å². The van der Waals surface area contributed by atoms with Crippen molar-refractivity contribution in [3.05, 3.63) is 23.8 Å². The van der Waals surface area contributed by atoms with Gasteiger partial charge in [0.05, 0.1) is 0 Å². The van der Waals surface area contributed by atoms with Crippen molar-refractivity contribution in [2.75, 3.05) is 5.73 Å². The summed E-state index contributed by atoms with van der Waals surface area (Å²) in [6.45, 7) is 3.69. The first-order chi connectivity index (χ1) is 7.06. The molecule has 1 rings (SSSR count). The van der Waals surface area contributed by atoms with Gasteiger partial charge in [-0.05, 0) is 25.5 Å². The van der Waals surface area contributed by atoms with E-state index in [4.69, 9.17) is 16.2 Å². The maximum atomic E-state index is 11.0. The van der Waals surface area contributed by atoms with Crippen molar-refractivity contribution in [3.8, 4) is 5.75 Å². The van der Waals surface area contributed by atoms with Crippen molar-refractivity contribution in [3.63, 3.8) is 0 Å². The lowest BCUT2D eigenvalue weighted by Crippen LogP contribution is -2.33. The van der Waals surface area contributed by atoms with Gasteiger partial charge in [-0.2, -0.15) is 0 Å². The van der Waals surface area contributed by atoms with Gasteiger partial charge in [0.1, 0.15) is 5.75 Å². The van der Waals surface area contributed by atoms with Crippen LogP contribution in [0.3, 0.4) is 0 Å². The first-order valence-electron chi connectivity index (χ1n) is 4.87. The first kappa shape index (κ1) is 11.4. The fraction of sp³-hybridized carbons (Fsp3) is 0.364. The molecule has 82 valence electrons. The highest BCUT2D eigenvalue weighted by molar-refractivity contribution is 5.79. The Morgan fingerprint density at radius 1 is 1.53 bits per heavy atom. The molecule has 1 aromatic carbocycles. The molecule has 1 atom stereocenters. The number of anilines is 1. The topological polar surface area (TPSA) is 78.3 Å². The third-order valence-corrected chi connectivity index (χ3v) is 2.28. The zero-order valence-electron chi connectivity index (χ0n) is 8.99. The third-order valence-electron chi connectivity index (χ3n) is 2.28. The molecular formula is C11H16N2O2. The van der Waals surface area contributed by atoms with Crippen molar-refractivity contribution in [2.24, 2.45) is 5.73 Å². The molecule has 0 saturated carbocycles. The number of hydrogen-bond acceptors (Lipinski definition) is 3. The van der Waals surface area contributed by atoms with Crippen molar-refractivity contribution < 1.29 is 9.53 Å². The van der Waals surface area contributed by atoms with E-state index in [-0.39, 0.29) is 0 Å². The molecule has 1 aromatic rings. The van der Waals surface area contributed by atoms with Gasteiger partial charge >= 0.3 is 0 Å². The standard InChI is InChI=1S/C11H16N2O2/c1-3-9(11(13)14)15-10-6-4-5-8(12)7(10)2/h4-6,9H,3,12H2,1-2H3,(H2,13,14). The molecule has 0 saturated heterocycles. The smallest absolute Gasteiger partial charge is 0.258 e. The lowest BCUT2D eigenvalue weighted by atomic mass is 10.2. The van der Waals surface area contributed by atoms with Crippen molar-refractivity contribution in [1.82, 2.24) is 0 Å². The molecule has 4 nitrogen and oxygen atoms in total. The SMILES string of the molecule is CCC(Oc1cccc(N)c1C)C(N)=O. The van der Waals surface area contributed by atoms with Crippen LogP contribution in [0.4, 0.5) is 5.69 Å². The van der Waals surface area contributed by atoms with Gasteiger partial charge < -0.3 is 16.2 Å². The summed E-state index contributed by atoms with van der Waals surface area (Å²) in [4.78, 5) is 11.0. The molecule has 15 heavy (non-hydrogen) atoms. The zero-order chi connectivity index (χ0) is 11.4. The van der Waals surface area contributed by atoms with E-state index in [0.717, 1.165) is 5.56 Å². The van der Waals surface area contributed by atoms with Gasteiger partial charge in [0.25, 0.3) is 5.91 Å². The Bertz CT molecular complexity index is 364. The van der Waals surface area contributed by atoms with Crippen LogP contribution in [0, 0.1) is 6.92 Å². The van der Waals surface area contributed by atoms with Crippen LogP contribution in [-0.4, -0.2) is 12.0 Å². The summed E-state index contributed by atoms with van der Waals surface area (Å²) in [5.74, 6) is 0.153. The van der Waals surface area contributed by atoms with Crippen molar-refractivity contribution >= 4 is 11.6 Å². The second kappa shape index (κ2) is 4.68. The molecule has 0 radical (unpaired) electrons. The Hall–Kier alpha value is -1.71. The number of amides is 1. The van der Waals surface area contributed by atoms with Crippen LogP contribution in [0.15, 0.2) is 18.2 Å². The Balaban J connectivity index is 2.88. The lowest BCUT2D eigenvalue weighted by molar-refractivity contribution is -0.124. The van der Waals surface area contributed by atoms with Gasteiger partial charge in [-0.3, -0.25) is 4.79 Å². The average Bonchev–Trinajstić information content (AvgIpc) is 2.19. The monoisotopic (exact) mass is 208 g/mol. The molecule has 0 fully saturated rings. The van der Waals surface area contributed by atoms with Gasteiger partial charge in [0.2, 0.25) is 0 Å². The molecule has 0 spiro atoms. The maximum absolute atomic E-state index is 11.0. The second-order valence-corrected chi connectivity index (χ2v) is 3.39. The number of ether oxygens (including phenoxy) is 1. The van der Waals surface area contributed by atoms with Crippen LogP contribution in [-0.2, 0) is 4.79 Å². The predicted octanol–water partition coefficient (Wildman–Crippen LogP) is 1.22. The fourth-order valence-corrected chi connectivity index (χ4v) is 1.25. The Morgan fingerprint density at radius 2 is 2.20 bits per heavy atom. The van der Waals surface area contributed by atoms with E-state index >= 15 is 0 Å². The summed E-state index contributed by atoms with van der Waals surface area (Å²) >= 11 is 0. The molecule has 0 aliphatic rings. The summed E-state index contributed by atoms with van der Waals surface area (Å²) in [5.41, 5.74) is 12.4. The first-order valence-corrected chi connectivity index (χ1v) is 4.87. The van der Waals surface area contributed by atoms with Crippen LogP contribution in [0.5, 0.6) is 5.75 Å². The predicted molar refractivity (Wildman–Crippen MR) is 59.5 cm³/mol. The van der Waals surface area contributed by atoms with E-state index in [9.17, 15) is 4.79 Å². The van der Waals surface area contributed by atoms with E-state index < -0.39 is 12.0 Å². The van der Waals surface area contributed by atoms with E-state index in [0.29, 0.717) is 17.9 Å². The highest BCUT2D eigenvalue weighted by atomic mass is 16.5. The molecule has 4 heteroatoms. The second-order valence-electron chi connectivity index (χ2n) is 3.39. The van der Waals surface area contributed by atoms with Crippen LogP contribution < -0.4 is 16.2 Å². The van der Waals surface area contributed by atoms with E-state index in [1.54, 1.807) is 18.2 Å². The van der Waals surface area contributed by atoms with Crippen molar-refractivity contribution in [1.29, 1.82) is 0 Å². The molecule has 0 aliphatic carbocycles. The van der Waals surface area contributed by atoms with Gasteiger partial charge in [0, 0.05) is 11.3 Å². The number of nitrogens with two attached hydrogens (primary N) is 2. The van der Waals surface area contributed by atoms with Gasteiger partial charge in [-0.15, -0.1) is 0 Å². The lowest BCUT2D eigenvalue weighted by Gasteiger charge is -2.16. The fourth-order valence-electron chi connectivity index (χ4n) is 1.25. The largest absolute Gasteiger partial charge is 0.480 e. The molecule has 1 amide bonds. The van der Waals surface area contributed by atoms with Gasteiger partial charge in [-0.25, -0.2) is 0 Å². The van der Waals surface area contributed by atoms with Crippen LogP contribution in [0.25, 0.3) is 0 Å². The van der Waals surface area contributed by atoms with E-state index in [2.05, 4.69) is 0 Å². The Labute approximate surface area is 89.2 Å². The summed E-state index contributed by atoms with van der Waals surface area (Å²) in [5, 5.41) is 0. The molecular weight excluding hydrogens is 192 g/mol. The van der Waals surface area contributed by atoms with Crippen LogP contribution >= 0.6 is 0 Å². The molecule has 0 heterocycles. The van der Waals surface area contributed by atoms with E-state index in [1.165, 1.54) is 0 Å². The Morgan fingerprint density at radius 3 is 2.73 bits per heavy atom. The van der Waals surface area contributed by atoms with Gasteiger partial charge in [-0.1, -0.05) is 13.0 Å². The molecule has 4 N–H and O–H groups in total. The summed E-state index contributed by atoms with van der Waals surface area (Å²) < 4.78 is 5.48. The minimum absolute atomic E-state index is 0.459. The number of hydrogen-bond donors (Lipinski definition) is 2. The van der Waals surface area contributed by atoms with Crippen molar-refractivity contribution in [2.45, 2.75) is 26.4 Å². The number of carbonyl (C=O) groups is 1. The quantitative estimate of drug-likeness (QED) is 0.730. The third kappa shape index (κ3) is 2.62. The highest BCUT2D eigenvalue weighted by Gasteiger charge is 2.15. The highest BCUT2D eigenvalue weighted by Crippen LogP contribution is 2.24. The zero-order valence-corrected chi connectivity index (χ0v) is 8.99. The molecule has 1 unspecified atom stereocenters. The molecule has 0 aliphatic heterocycles. The molecule has 0 aromatic heterocycles. The van der Waals surface area contributed by atoms with Crippen LogP contribution in [0.1, 0.15) is 18.9 Å². The number of benzene rings is 1. The number of carbonyl (C=O) groups excluding carboxylic acids is 1. The normalized spacial score (nSPS) is 12.1. The maximum Gasteiger partial charge on any atom is 0.258 e. The van der Waals surface area contributed by atoms with Crippen LogP contribution in [0.2, 0.25) is 0 Å². The average molecular weight is 208 g/mol. The minimum Gasteiger partial charge on any atom is -0.480 e. The van der Waals surface area contributed by atoms with E-state index in [1.807, 2.05) is 13.8 Å². The summed E-state index contributed by atoms with van der Waals surface area (Å²) in [7, 11) is 0. The number of primary amides is 1. The minimum atomic E-state index is -0.592. The number of nitrogen functional groups attached to an aromatic ring is 1. The molecule has 0 bridgehead atoms. The summed E-state index contributed by atoms with van der Waals surface area (Å²) in [6.07, 6.45) is -0.0469. The Kier molecular flexibility index (Phi) is 3.55. The number of rotatable bonds is 4.